The number of hydrogen-bond acceptors (Lipinski definition) is 4. The monoisotopic (exact) mass is 212 g/mol. The summed E-state index contributed by atoms with van der Waals surface area (Å²) in [6.45, 7) is 5.52. The molecule has 0 aromatic carbocycles. The van der Waals surface area contributed by atoms with E-state index >= 15 is 0 Å². The Balaban J connectivity index is 2.19. The van der Waals surface area contributed by atoms with Crippen LogP contribution in [0, 0.1) is 5.92 Å². The Morgan fingerprint density at radius 3 is 2.80 bits per heavy atom. The molecule has 1 rings (SSSR count). The highest BCUT2D eigenvalue weighted by Crippen LogP contribution is 2.03. The van der Waals surface area contributed by atoms with Gasteiger partial charge in [-0.05, 0) is 12.3 Å². The Morgan fingerprint density at radius 2 is 2.27 bits per heavy atom. The van der Waals surface area contributed by atoms with E-state index in [-0.39, 0.29) is 6.10 Å². The summed E-state index contributed by atoms with van der Waals surface area (Å²) >= 11 is 0. The molecule has 0 saturated carbocycles. The highest BCUT2D eigenvalue weighted by Gasteiger charge is 2.06. The molecule has 0 bridgehead atoms. The first kappa shape index (κ1) is 12.1. The fraction of sp³-hybridized carbons (Fsp3) is 0.800. The zero-order chi connectivity index (χ0) is 11.3. The molecule has 0 radical (unpaired) electrons. The van der Waals surface area contributed by atoms with Gasteiger partial charge in [-0.3, -0.25) is 4.68 Å². The maximum atomic E-state index is 9.62. The number of aryl methyl sites for hydroxylation is 1. The van der Waals surface area contributed by atoms with Crippen molar-refractivity contribution in [1.29, 1.82) is 0 Å². The third kappa shape index (κ3) is 4.40. The minimum atomic E-state index is -0.272. The highest BCUT2D eigenvalue weighted by atomic mass is 16.3. The normalized spacial score (nSPS) is 13.4. The van der Waals surface area contributed by atoms with Gasteiger partial charge in [-0.2, -0.15) is 0 Å². The second kappa shape index (κ2) is 5.82. The van der Waals surface area contributed by atoms with E-state index < -0.39 is 0 Å². The Labute approximate surface area is 90.5 Å². The summed E-state index contributed by atoms with van der Waals surface area (Å²) in [5.41, 5.74) is 1.02. The molecule has 0 aliphatic heterocycles. The van der Waals surface area contributed by atoms with Crippen molar-refractivity contribution >= 4 is 0 Å². The van der Waals surface area contributed by atoms with Gasteiger partial charge in [-0.1, -0.05) is 19.1 Å². The Morgan fingerprint density at radius 1 is 1.53 bits per heavy atom. The molecule has 0 aliphatic carbocycles. The predicted molar refractivity (Wildman–Crippen MR) is 58.2 cm³/mol. The number of aromatic nitrogens is 3. The molecule has 5 nitrogen and oxygen atoms in total. The summed E-state index contributed by atoms with van der Waals surface area (Å²) < 4.78 is 1.72. The first-order valence-electron chi connectivity index (χ1n) is 5.32. The number of nitrogens with zero attached hydrogens (tertiary/aromatic N) is 3. The number of aliphatic hydroxyl groups is 1. The van der Waals surface area contributed by atoms with Gasteiger partial charge in [0.2, 0.25) is 0 Å². The van der Waals surface area contributed by atoms with E-state index in [4.69, 9.17) is 0 Å². The first-order valence-corrected chi connectivity index (χ1v) is 5.32. The first-order chi connectivity index (χ1) is 7.09. The lowest BCUT2D eigenvalue weighted by molar-refractivity contribution is 0.146. The molecule has 0 spiro atoms. The van der Waals surface area contributed by atoms with Crippen LogP contribution in [0.3, 0.4) is 0 Å². The van der Waals surface area contributed by atoms with Crippen LogP contribution in [-0.4, -0.2) is 32.7 Å². The maximum Gasteiger partial charge on any atom is 0.0738 e. The summed E-state index contributed by atoms with van der Waals surface area (Å²) in [7, 11) is 1.86. The molecule has 0 saturated heterocycles. The summed E-state index contributed by atoms with van der Waals surface area (Å²) in [6, 6.07) is 0. The van der Waals surface area contributed by atoms with Crippen molar-refractivity contribution in [2.75, 3.05) is 6.54 Å². The summed E-state index contributed by atoms with van der Waals surface area (Å²) in [6.07, 6.45) is 2.28. The molecular weight excluding hydrogens is 192 g/mol. The molecule has 15 heavy (non-hydrogen) atoms. The van der Waals surface area contributed by atoms with Gasteiger partial charge in [0.05, 0.1) is 18.0 Å². The minimum absolute atomic E-state index is 0.272. The van der Waals surface area contributed by atoms with Gasteiger partial charge in [-0.15, -0.1) is 5.10 Å². The largest absolute Gasteiger partial charge is 0.392 e. The number of rotatable bonds is 6. The van der Waals surface area contributed by atoms with E-state index in [2.05, 4.69) is 29.5 Å². The van der Waals surface area contributed by atoms with E-state index in [9.17, 15) is 5.11 Å². The molecule has 1 aromatic heterocycles. The van der Waals surface area contributed by atoms with Gasteiger partial charge < -0.3 is 10.4 Å². The standard InChI is InChI=1S/C10H20N4O/c1-8(2)4-10(15)7-11-5-9-6-12-13-14(9)3/h6,8,10-11,15H,4-5,7H2,1-3H3. The van der Waals surface area contributed by atoms with Gasteiger partial charge in [-0.25, -0.2) is 0 Å². The van der Waals surface area contributed by atoms with Crippen LogP contribution in [0.5, 0.6) is 0 Å². The SMILES string of the molecule is CC(C)CC(O)CNCc1cnnn1C. The third-order valence-corrected chi connectivity index (χ3v) is 2.24. The molecule has 0 fully saturated rings. The van der Waals surface area contributed by atoms with Crippen molar-refractivity contribution in [3.63, 3.8) is 0 Å². The summed E-state index contributed by atoms with van der Waals surface area (Å²) in [5, 5.41) is 20.4. The minimum Gasteiger partial charge on any atom is -0.392 e. The lowest BCUT2D eigenvalue weighted by atomic mass is 10.1. The average Bonchev–Trinajstić information content (AvgIpc) is 2.50. The van der Waals surface area contributed by atoms with Crippen LogP contribution in [0.25, 0.3) is 0 Å². The van der Waals surface area contributed by atoms with Crippen molar-refractivity contribution < 1.29 is 5.11 Å². The maximum absolute atomic E-state index is 9.62. The Hall–Kier alpha value is -0.940. The lowest BCUT2D eigenvalue weighted by Gasteiger charge is -2.13. The van der Waals surface area contributed by atoms with Crippen LogP contribution in [0.2, 0.25) is 0 Å². The van der Waals surface area contributed by atoms with Gasteiger partial charge in [0.15, 0.2) is 0 Å². The van der Waals surface area contributed by atoms with E-state index in [0.717, 1.165) is 12.1 Å². The quantitative estimate of drug-likeness (QED) is 0.712. The van der Waals surface area contributed by atoms with E-state index in [1.165, 1.54) is 0 Å². The molecule has 5 heteroatoms. The third-order valence-electron chi connectivity index (χ3n) is 2.24. The second-order valence-electron chi connectivity index (χ2n) is 4.26. The average molecular weight is 212 g/mol. The Kier molecular flexibility index (Phi) is 4.71. The molecule has 1 atom stereocenters. The number of nitrogens with one attached hydrogen (secondary N) is 1. The molecule has 86 valence electrons. The van der Waals surface area contributed by atoms with Crippen LogP contribution in [-0.2, 0) is 13.6 Å². The van der Waals surface area contributed by atoms with Gasteiger partial charge >= 0.3 is 0 Å². The van der Waals surface area contributed by atoms with Crippen molar-refractivity contribution in [2.45, 2.75) is 32.9 Å². The summed E-state index contributed by atoms with van der Waals surface area (Å²) in [5.74, 6) is 0.528. The fourth-order valence-electron chi connectivity index (χ4n) is 1.47. The van der Waals surface area contributed by atoms with E-state index in [0.29, 0.717) is 19.0 Å². The molecular formula is C10H20N4O. The van der Waals surface area contributed by atoms with Gasteiger partial charge in [0.1, 0.15) is 0 Å². The van der Waals surface area contributed by atoms with Crippen LogP contribution in [0.1, 0.15) is 26.0 Å². The second-order valence-corrected chi connectivity index (χ2v) is 4.26. The Bertz CT molecular complexity index is 285. The van der Waals surface area contributed by atoms with Gasteiger partial charge in [0, 0.05) is 20.1 Å². The zero-order valence-electron chi connectivity index (χ0n) is 9.64. The van der Waals surface area contributed by atoms with Crippen LogP contribution >= 0.6 is 0 Å². The molecule has 1 aromatic rings. The van der Waals surface area contributed by atoms with E-state index in [1.54, 1.807) is 10.9 Å². The number of aliphatic hydroxyl groups excluding tert-OH is 1. The topological polar surface area (TPSA) is 63.0 Å². The highest BCUT2D eigenvalue weighted by molar-refractivity contribution is 4.92. The van der Waals surface area contributed by atoms with Gasteiger partial charge in [0.25, 0.3) is 0 Å². The van der Waals surface area contributed by atoms with Crippen molar-refractivity contribution in [1.82, 2.24) is 20.3 Å². The smallest absolute Gasteiger partial charge is 0.0738 e. The molecule has 1 heterocycles. The molecule has 2 N–H and O–H groups in total. The van der Waals surface area contributed by atoms with E-state index in [1.807, 2.05) is 7.05 Å². The zero-order valence-corrected chi connectivity index (χ0v) is 9.64. The van der Waals surface area contributed by atoms with Crippen molar-refractivity contribution in [2.24, 2.45) is 13.0 Å². The van der Waals surface area contributed by atoms with Crippen LogP contribution in [0.15, 0.2) is 6.20 Å². The predicted octanol–water partition coefficient (Wildman–Crippen LogP) is 0.312. The molecule has 0 aliphatic rings. The van der Waals surface area contributed by atoms with Crippen LogP contribution in [0.4, 0.5) is 0 Å². The fourth-order valence-corrected chi connectivity index (χ4v) is 1.47. The van der Waals surface area contributed by atoms with Crippen molar-refractivity contribution in [3.05, 3.63) is 11.9 Å². The lowest BCUT2D eigenvalue weighted by Crippen LogP contribution is -2.28. The van der Waals surface area contributed by atoms with Crippen LogP contribution < -0.4 is 5.32 Å². The van der Waals surface area contributed by atoms with Crippen molar-refractivity contribution in [3.8, 4) is 0 Å². The molecule has 0 amide bonds. The number of hydrogen-bond donors (Lipinski definition) is 2. The molecule has 1 unspecified atom stereocenters. The summed E-state index contributed by atoms with van der Waals surface area (Å²) in [4.78, 5) is 0.